The minimum atomic E-state index is -0.633. The Morgan fingerprint density at radius 2 is 1.94 bits per heavy atom. The molecule has 1 fully saturated rings. The zero-order valence-corrected chi connectivity index (χ0v) is 11.4. The first-order valence-corrected chi connectivity index (χ1v) is 6.34. The minimum absolute atomic E-state index is 0.633. The fourth-order valence-corrected chi connectivity index (χ4v) is 2.41. The van der Waals surface area contributed by atoms with Crippen molar-refractivity contribution in [1.82, 2.24) is 14.7 Å². The van der Waals surface area contributed by atoms with Crippen molar-refractivity contribution in [2.75, 3.05) is 43.4 Å². The second-order valence-corrected chi connectivity index (χ2v) is 5.66. The van der Waals surface area contributed by atoms with Crippen molar-refractivity contribution in [3.63, 3.8) is 0 Å². The summed E-state index contributed by atoms with van der Waals surface area (Å²) in [5.74, 6) is 0.875. The normalized spacial score (nSPS) is 18.3. The molecule has 0 radical (unpaired) electrons. The first-order valence-electron chi connectivity index (χ1n) is 6.34. The van der Waals surface area contributed by atoms with E-state index in [1.54, 1.807) is 4.68 Å². The molecule has 0 aliphatic carbocycles. The van der Waals surface area contributed by atoms with Gasteiger partial charge < -0.3 is 15.7 Å². The Hall–Kier alpha value is -1.27. The number of aryl methyl sites for hydroxylation is 1. The molecule has 2 heterocycles. The van der Waals surface area contributed by atoms with Crippen LogP contribution in [0.25, 0.3) is 0 Å². The standard InChI is InChI=1S/C12H23N5O/c1-12(2,18)9-16-4-6-17(7-5-16)11-10(13)8-15(3)14-11/h8,18H,4-7,9,13H2,1-3H3. The second kappa shape index (κ2) is 4.78. The zero-order valence-electron chi connectivity index (χ0n) is 11.4. The van der Waals surface area contributed by atoms with E-state index in [0.29, 0.717) is 6.54 Å². The van der Waals surface area contributed by atoms with Gasteiger partial charge in [-0.3, -0.25) is 9.58 Å². The Balaban J connectivity index is 1.93. The average Bonchev–Trinajstić information content (AvgIpc) is 2.57. The van der Waals surface area contributed by atoms with Crippen LogP contribution in [0.1, 0.15) is 13.8 Å². The topological polar surface area (TPSA) is 70.5 Å². The lowest BCUT2D eigenvalue weighted by molar-refractivity contribution is 0.0344. The second-order valence-electron chi connectivity index (χ2n) is 5.66. The van der Waals surface area contributed by atoms with Crippen LogP contribution in [0.5, 0.6) is 0 Å². The fraction of sp³-hybridized carbons (Fsp3) is 0.750. The van der Waals surface area contributed by atoms with Crippen molar-refractivity contribution in [2.24, 2.45) is 7.05 Å². The number of piperazine rings is 1. The molecular weight excluding hydrogens is 230 g/mol. The minimum Gasteiger partial charge on any atom is -0.394 e. The number of aliphatic hydroxyl groups is 1. The number of rotatable bonds is 3. The number of hydrogen-bond acceptors (Lipinski definition) is 5. The van der Waals surface area contributed by atoms with Crippen LogP contribution in [0.2, 0.25) is 0 Å². The van der Waals surface area contributed by atoms with E-state index in [4.69, 9.17) is 5.73 Å². The number of nitrogens with zero attached hydrogens (tertiary/aromatic N) is 4. The molecule has 0 saturated carbocycles. The van der Waals surface area contributed by atoms with Gasteiger partial charge in [-0.05, 0) is 13.8 Å². The highest BCUT2D eigenvalue weighted by Crippen LogP contribution is 2.21. The molecule has 0 unspecified atom stereocenters. The van der Waals surface area contributed by atoms with Gasteiger partial charge in [-0.2, -0.15) is 5.10 Å². The van der Waals surface area contributed by atoms with E-state index in [1.807, 2.05) is 27.1 Å². The number of aromatic nitrogens is 2. The molecular formula is C12H23N5O. The van der Waals surface area contributed by atoms with Crippen molar-refractivity contribution < 1.29 is 5.11 Å². The van der Waals surface area contributed by atoms with Gasteiger partial charge in [-0.25, -0.2) is 0 Å². The van der Waals surface area contributed by atoms with Crippen molar-refractivity contribution in [3.05, 3.63) is 6.20 Å². The van der Waals surface area contributed by atoms with Crippen molar-refractivity contribution in [1.29, 1.82) is 0 Å². The van der Waals surface area contributed by atoms with Crippen LogP contribution in [-0.2, 0) is 7.05 Å². The lowest BCUT2D eigenvalue weighted by Crippen LogP contribution is -2.50. The third-order valence-electron chi connectivity index (χ3n) is 3.12. The molecule has 6 nitrogen and oxygen atoms in total. The Morgan fingerprint density at radius 3 is 2.39 bits per heavy atom. The van der Waals surface area contributed by atoms with E-state index in [0.717, 1.165) is 37.7 Å². The van der Waals surface area contributed by atoms with Gasteiger partial charge >= 0.3 is 0 Å². The van der Waals surface area contributed by atoms with Gasteiger partial charge in [0.2, 0.25) is 0 Å². The largest absolute Gasteiger partial charge is 0.394 e. The monoisotopic (exact) mass is 253 g/mol. The molecule has 1 aliphatic rings. The highest BCUT2D eigenvalue weighted by atomic mass is 16.3. The smallest absolute Gasteiger partial charge is 0.173 e. The van der Waals surface area contributed by atoms with Crippen molar-refractivity contribution in [3.8, 4) is 0 Å². The van der Waals surface area contributed by atoms with Crippen LogP contribution in [0.3, 0.4) is 0 Å². The highest BCUT2D eigenvalue weighted by Gasteiger charge is 2.24. The Morgan fingerprint density at radius 1 is 1.33 bits per heavy atom. The van der Waals surface area contributed by atoms with Gasteiger partial charge in [0, 0.05) is 46.0 Å². The van der Waals surface area contributed by atoms with Gasteiger partial charge in [0.05, 0.1) is 11.3 Å². The summed E-state index contributed by atoms with van der Waals surface area (Å²) in [6.45, 7) is 8.05. The molecule has 102 valence electrons. The van der Waals surface area contributed by atoms with Gasteiger partial charge in [0.1, 0.15) is 0 Å². The van der Waals surface area contributed by atoms with E-state index in [1.165, 1.54) is 0 Å². The van der Waals surface area contributed by atoms with Crippen LogP contribution in [0.4, 0.5) is 11.5 Å². The van der Waals surface area contributed by atoms with Crippen molar-refractivity contribution in [2.45, 2.75) is 19.4 Å². The maximum atomic E-state index is 9.81. The Labute approximate surface area is 108 Å². The summed E-state index contributed by atoms with van der Waals surface area (Å²) in [5, 5.41) is 14.2. The third kappa shape index (κ3) is 3.14. The van der Waals surface area contributed by atoms with E-state index in [9.17, 15) is 5.11 Å². The summed E-state index contributed by atoms with van der Waals surface area (Å²) < 4.78 is 1.74. The van der Waals surface area contributed by atoms with Crippen LogP contribution in [0, 0.1) is 0 Å². The molecule has 0 amide bonds. The third-order valence-corrected chi connectivity index (χ3v) is 3.12. The number of nitrogen functional groups attached to an aromatic ring is 1. The van der Waals surface area contributed by atoms with Crippen LogP contribution >= 0.6 is 0 Å². The Bertz CT molecular complexity index is 401. The molecule has 18 heavy (non-hydrogen) atoms. The fourth-order valence-electron chi connectivity index (χ4n) is 2.41. The summed E-state index contributed by atoms with van der Waals surface area (Å²) in [6, 6.07) is 0. The molecule has 0 atom stereocenters. The number of anilines is 2. The molecule has 1 aromatic rings. The zero-order chi connectivity index (χ0) is 13.3. The summed E-state index contributed by atoms with van der Waals surface area (Å²) in [7, 11) is 1.88. The molecule has 3 N–H and O–H groups in total. The van der Waals surface area contributed by atoms with Gasteiger partial charge in [-0.1, -0.05) is 0 Å². The van der Waals surface area contributed by atoms with Gasteiger partial charge in [0.25, 0.3) is 0 Å². The molecule has 0 bridgehead atoms. The number of hydrogen-bond donors (Lipinski definition) is 2. The quantitative estimate of drug-likeness (QED) is 0.787. The lowest BCUT2D eigenvalue weighted by Gasteiger charge is -2.37. The van der Waals surface area contributed by atoms with Gasteiger partial charge in [0.15, 0.2) is 5.82 Å². The SMILES string of the molecule is Cn1cc(N)c(N2CCN(CC(C)(C)O)CC2)n1. The van der Waals surface area contributed by atoms with E-state index < -0.39 is 5.60 Å². The Kier molecular flexibility index (Phi) is 3.49. The van der Waals surface area contributed by atoms with E-state index >= 15 is 0 Å². The molecule has 1 saturated heterocycles. The van der Waals surface area contributed by atoms with Crippen LogP contribution in [-0.4, -0.2) is 58.1 Å². The first-order chi connectivity index (χ1) is 8.35. The summed E-state index contributed by atoms with van der Waals surface area (Å²) >= 11 is 0. The molecule has 6 heteroatoms. The number of nitrogens with two attached hydrogens (primary N) is 1. The summed E-state index contributed by atoms with van der Waals surface area (Å²) in [6.07, 6.45) is 1.83. The molecule has 1 aromatic heterocycles. The maximum Gasteiger partial charge on any atom is 0.173 e. The lowest BCUT2D eigenvalue weighted by atomic mass is 10.1. The molecule has 2 rings (SSSR count). The van der Waals surface area contributed by atoms with E-state index in [-0.39, 0.29) is 0 Å². The molecule has 1 aliphatic heterocycles. The average molecular weight is 253 g/mol. The highest BCUT2D eigenvalue weighted by molar-refractivity contribution is 5.61. The predicted octanol–water partition coefficient (Wildman–Crippen LogP) is -0.105. The summed E-state index contributed by atoms with van der Waals surface area (Å²) in [4.78, 5) is 4.48. The first kappa shape index (κ1) is 13.2. The number of β-amino-alcohol motifs (C(OH)–C–C–N with tert-alkyl or cyclic N) is 1. The van der Waals surface area contributed by atoms with Crippen LogP contribution in [0.15, 0.2) is 6.20 Å². The van der Waals surface area contributed by atoms with Crippen molar-refractivity contribution >= 4 is 11.5 Å². The predicted molar refractivity (Wildman–Crippen MR) is 72.6 cm³/mol. The van der Waals surface area contributed by atoms with Crippen LogP contribution < -0.4 is 10.6 Å². The maximum absolute atomic E-state index is 9.81. The van der Waals surface area contributed by atoms with E-state index in [2.05, 4.69) is 14.9 Å². The summed E-state index contributed by atoms with van der Waals surface area (Å²) in [5.41, 5.74) is 6.03. The molecule has 0 spiro atoms. The van der Waals surface area contributed by atoms with Gasteiger partial charge in [-0.15, -0.1) is 0 Å². The molecule has 0 aromatic carbocycles.